The van der Waals surface area contributed by atoms with Crippen molar-refractivity contribution >= 4 is 0 Å². The molecule has 0 radical (unpaired) electrons. The van der Waals surface area contributed by atoms with E-state index in [-0.39, 0.29) is 5.92 Å². The average molecular weight is 203 g/mol. The zero-order valence-corrected chi connectivity index (χ0v) is 10.5. The fourth-order valence-electron chi connectivity index (χ4n) is 1.38. The Hall–Kier alpha value is -1.29. The van der Waals surface area contributed by atoms with Gasteiger partial charge in [0, 0.05) is 0 Å². The van der Waals surface area contributed by atoms with E-state index in [1.165, 1.54) is 17.5 Å². The van der Waals surface area contributed by atoms with Crippen LogP contribution in [-0.4, -0.2) is 0 Å². The van der Waals surface area contributed by atoms with Gasteiger partial charge in [-0.25, -0.2) is 0 Å². The van der Waals surface area contributed by atoms with E-state index in [0.29, 0.717) is 0 Å². The lowest BCUT2D eigenvalue weighted by Gasteiger charge is -2.07. The highest BCUT2D eigenvalue weighted by molar-refractivity contribution is 5.35. The summed E-state index contributed by atoms with van der Waals surface area (Å²) < 4.78 is 0. The summed E-state index contributed by atoms with van der Waals surface area (Å²) in [5, 5.41) is 8.73. The maximum Gasteiger partial charge on any atom is 0.0700 e. The maximum atomic E-state index is 8.73. The van der Waals surface area contributed by atoms with Gasteiger partial charge in [0.2, 0.25) is 0 Å². The van der Waals surface area contributed by atoms with Gasteiger partial charge in [-0.05, 0) is 31.9 Å². The van der Waals surface area contributed by atoms with E-state index in [1.54, 1.807) is 0 Å². The first-order chi connectivity index (χ1) is 7.06. The molecular formula is C14H21N. The SMILES string of the molecule is CCC.Cc1ccc(C(C)C#N)c(C)c1. The lowest BCUT2D eigenvalue weighted by molar-refractivity contribution is 0.964. The van der Waals surface area contributed by atoms with E-state index in [4.69, 9.17) is 5.26 Å². The Morgan fingerprint density at radius 1 is 1.27 bits per heavy atom. The van der Waals surface area contributed by atoms with Gasteiger partial charge >= 0.3 is 0 Å². The van der Waals surface area contributed by atoms with Crippen LogP contribution in [0.4, 0.5) is 0 Å². The molecule has 0 N–H and O–H groups in total. The molecule has 15 heavy (non-hydrogen) atoms. The number of benzene rings is 1. The molecule has 0 bridgehead atoms. The molecule has 0 fully saturated rings. The number of nitrogens with zero attached hydrogens (tertiary/aromatic N) is 1. The quantitative estimate of drug-likeness (QED) is 0.665. The Bertz CT molecular complexity index is 334. The zero-order valence-electron chi connectivity index (χ0n) is 10.5. The first kappa shape index (κ1) is 13.7. The fourth-order valence-corrected chi connectivity index (χ4v) is 1.38. The van der Waals surface area contributed by atoms with Gasteiger partial charge in [0.15, 0.2) is 0 Å². The highest BCUT2D eigenvalue weighted by Crippen LogP contribution is 2.19. The van der Waals surface area contributed by atoms with E-state index < -0.39 is 0 Å². The molecule has 0 aliphatic heterocycles. The van der Waals surface area contributed by atoms with Gasteiger partial charge in [0.25, 0.3) is 0 Å². The molecule has 1 aromatic rings. The molecule has 1 unspecified atom stereocenters. The molecule has 0 saturated carbocycles. The third-order valence-electron chi connectivity index (χ3n) is 2.09. The van der Waals surface area contributed by atoms with Crippen LogP contribution in [0.5, 0.6) is 0 Å². The Kier molecular flexibility index (Phi) is 6.45. The van der Waals surface area contributed by atoms with Crippen molar-refractivity contribution in [1.29, 1.82) is 5.26 Å². The molecule has 0 aliphatic carbocycles. The minimum absolute atomic E-state index is 0.00519. The molecule has 1 heteroatoms. The number of nitriles is 1. The number of aryl methyl sites for hydroxylation is 2. The fraction of sp³-hybridized carbons (Fsp3) is 0.500. The van der Waals surface area contributed by atoms with Crippen LogP contribution in [0.15, 0.2) is 18.2 Å². The predicted molar refractivity (Wildman–Crippen MR) is 65.9 cm³/mol. The molecular weight excluding hydrogens is 182 g/mol. The molecule has 0 amide bonds. The highest BCUT2D eigenvalue weighted by atomic mass is 14.3. The van der Waals surface area contributed by atoms with Gasteiger partial charge in [-0.1, -0.05) is 44.0 Å². The number of hydrogen-bond donors (Lipinski definition) is 0. The van der Waals surface area contributed by atoms with Crippen LogP contribution in [0.2, 0.25) is 0 Å². The summed E-state index contributed by atoms with van der Waals surface area (Å²) in [7, 11) is 0. The minimum Gasteiger partial charge on any atom is -0.198 e. The van der Waals surface area contributed by atoms with Crippen molar-refractivity contribution in [2.45, 2.75) is 47.0 Å². The summed E-state index contributed by atoms with van der Waals surface area (Å²) in [6.07, 6.45) is 1.25. The third kappa shape index (κ3) is 4.65. The van der Waals surface area contributed by atoms with Gasteiger partial charge in [-0.2, -0.15) is 5.26 Å². The first-order valence-electron chi connectivity index (χ1n) is 5.53. The largest absolute Gasteiger partial charge is 0.198 e. The molecule has 1 nitrogen and oxygen atoms in total. The highest BCUT2D eigenvalue weighted by Gasteiger charge is 2.05. The second-order valence-electron chi connectivity index (χ2n) is 3.92. The summed E-state index contributed by atoms with van der Waals surface area (Å²) in [4.78, 5) is 0. The Balaban J connectivity index is 0.000000583. The molecule has 0 aliphatic rings. The van der Waals surface area contributed by atoms with Crippen molar-refractivity contribution in [1.82, 2.24) is 0 Å². The van der Waals surface area contributed by atoms with Gasteiger partial charge in [-0.15, -0.1) is 0 Å². The van der Waals surface area contributed by atoms with Crippen LogP contribution >= 0.6 is 0 Å². The van der Waals surface area contributed by atoms with Crippen LogP contribution in [-0.2, 0) is 0 Å². The van der Waals surface area contributed by atoms with Crippen molar-refractivity contribution < 1.29 is 0 Å². The Morgan fingerprint density at radius 3 is 2.20 bits per heavy atom. The lowest BCUT2D eigenvalue weighted by atomic mass is 9.96. The second kappa shape index (κ2) is 7.06. The summed E-state index contributed by atoms with van der Waals surface area (Å²) in [5.41, 5.74) is 3.61. The molecule has 1 rings (SSSR count). The maximum absolute atomic E-state index is 8.73. The van der Waals surface area contributed by atoms with Crippen molar-refractivity contribution in [3.63, 3.8) is 0 Å². The van der Waals surface area contributed by atoms with E-state index in [0.717, 1.165) is 5.56 Å². The normalized spacial score (nSPS) is 10.9. The van der Waals surface area contributed by atoms with Crippen LogP contribution in [0, 0.1) is 25.2 Å². The minimum atomic E-state index is 0.00519. The third-order valence-corrected chi connectivity index (χ3v) is 2.09. The van der Waals surface area contributed by atoms with Crippen molar-refractivity contribution in [3.05, 3.63) is 34.9 Å². The summed E-state index contributed by atoms with van der Waals surface area (Å²) in [6.45, 7) is 10.3. The molecule has 0 saturated heterocycles. The van der Waals surface area contributed by atoms with Gasteiger partial charge < -0.3 is 0 Å². The van der Waals surface area contributed by atoms with Crippen molar-refractivity contribution in [2.75, 3.05) is 0 Å². The smallest absolute Gasteiger partial charge is 0.0700 e. The van der Waals surface area contributed by atoms with E-state index in [2.05, 4.69) is 45.9 Å². The Labute approximate surface area is 93.7 Å². The average Bonchev–Trinajstić information content (AvgIpc) is 2.18. The first-order valence-corrected chi connectivity index (χ1v) is 5.53. The van der Waals surface area contributed by atoms with Gasteiger partial charge in [0.1, 0.15) is 0 Å². The molecule has 0 spiro atoms. The van der Waals surface area contributed by atoms with Crippen molar-refractivity contribution in [3.8, 4) is 6.07 Å². The van der Waals surface area contributed by atoms with E-state index in [1.807, 2.05) is 13.0 Å². The topological polar surface area (TPSA) is 23.8 Å². The summed E-state index contributed by atoms with van der Waals surface area (Å²) in [6, 6.07) is 8.45. The zero-order chi connectivity index (χ0) is 11.8. The van der Waals surface area contributed by atoms with Crippen LogP contribution in [0.25, 0.3) is 0 Å². The summed E-state index contributed by atoms with van der Waals surface area (Å²) >= 11 is 0. The van der Waals surface area contributed by atoms with E-state index in [9.17, 15) is 0 Å². The van der Waals surface area contributed by atoms with Crippen LogP contribution in [0.1, 0.15) is 49.8 Å². The molecule has 0 heterocycles. The van der Waals surface area contributed by atoms with E-state index >= 15 is 0 Å². The molecule has 1 atom stereocenters. The summed E-state index contributed by atoms with van der Waals surface area (Å²) in [5.74, 6) is 0.00519. The number of rotatable bonds is 1. The number of hydrogen-bond acceptors (Lipinski definition) is 1. The molecule has 82 valence electrons. The van der Waals surface area contributed by atoms with Crippen molar-refractivity contribution in [2.24, 2.45) is 0 Å². The monoisotopic (exact) mass is 203 g/mol. The molecule has 1 aromatic carbocycles. The second-order valence-corrected chi connectivity index (χ2v) is 3.92. The Morgan fingerprint density at radius 2 is 1.80 bits per heavy atom. The lowest BCUT2D eigenvalue weighted by Crippen LogP contribution is -1.93. The van der Waals surface area contributed by atoms with Gasteiger partial charge in [0.05, 0.1) is 12.0 Å². The van der Waals surface area contributed by atoms with Crippen LogP contribution in [0.3, 0.4) is 0 Å². The van der Waals surface area contributed by atoms with Crippen LogP contribution < -0.4 is 0 Å². The molecule has 0 aromatic heterocycles. The standard InChI is InChI=1S/C11H13N.C3H8/c1-8-4-5-11(9(2)6-8)10(3)7-12;1-3-2/h4-6,10H,1-3H3;3H2,1-2H3. The van der Waals surface area contributed by atoms with Gasteiger partial charge in [-0.3, -0.25) is 0 Å². The predicted octanol–water partition coefficient (Wildman–Crippen LogP) is 4.35.